The summed E-state index contributed by atoms with van der Waals surface area (Å²) >= 11 is 0. The molecule has 3 heterocycles. The second kappa shape index (κ2) is 10.2. The molecule has 0 bridgehead atoms. The van der Waals surface area contributed by atoms with Crippen molar-refractivity contribution in [1.82, 2.24) is 20.1 Å². The summed E-state index contributed by atoms with van der Waals surface area (Å²) in [6, 6.07) is 7.50. The molecule has 0 spiro atoms. The molecule has 10 nitrogen and oxygen atoms in total. The van der Waals surface area contributed by atoms with Gasteiger partial charge in [0.05, 0.1) is 30.2 Å². The monoisotopic (exact) mass is 518 g/mol. The van der Waals surface area contributed by atoms with Crippen LogP contribution in [0.2, 0.25) is 0 Å². The number of hydrogen-bond acceptors (Lipinski definition) is 7. The molecule has 4 N–H and O–H groups in total. The molecule has 3 unspecified atom stereocenters. The number of halogens is 3. The highest BCUT2D eigenvalue weighted by Crippen LogP contribution is 2.37. The second-order valence-electron chi connectivity index (χ2n) is 8.84. The van der Waals surface area contributed by atoms with Crippen molar-refractivity contribution >= 4 is 28.4 Å². The van der Waals surface area contributed by atoms with Crippen LogP contribution in [-0.2, 0) is 15.1 Å². The van der Waals surface area contributed by atoms with Gasteiger partial charge in [-0.2, -0.15) is 23.5 Å². The van der Waals surface area contributed by atoms with E-state index in [4.69, 9.17) is 4.74 Å². The molecule has 3 atom stereocenters. The molecule has 2 aromatic heterocycles. The zero-order valence-corrected chi connectivity index (χ0v) is 19.8. The van der Waals surface area contributed by atoms with Gasteiger partial charge in [-0.3, -0.25) is 9.48 Å². The number of carboxylic acid groups (broad SMARTS) is 1. The number of aromatic amines is 1. The van der Waals surface area contributed by atoms with Crippen molar-refractivity contribution in [2.45, 2.75) is 50.0 Å². The molecule has 0 saturated carbocycles. The van der Waals surface area contributed by atoms with E-state index in [1.807, 2.05) is 0 Å². The maximum atomic E-state index is 13.4. The molecule has 0 radical (unpaired) electrons. The number of aromatic nitrogens is 3. The fourth-order valence-electron chi connectivity index (χ4n) is 4.58. The van der Waals surface area contributed by atoms with Crippen molar-refractivity contribution in [3.8, 4) is 6.07 Å². The maximum absolute atomic E-state index is 13.4. The Kier molecular flexibility index (Phi) is 7.24. The number of anilines is 2. The first-order valence-electron chi connectivity index (χ1n) is 11.6. The summed E-state index contributed by atoms with van der Waals surface area (Å²) in [5.41, 5.74) is -0.633. The molecule has 196 valence electrons. The molecule has 0 aliphatic carbocycles. The minimum atomic E-state index is -4.47. The predicted octanol–water partition coefficient (Wildman–Crippen LogP) is 3.55. The standard InChI is InChI=1S/C24H25F3N6O4/c1-2-29-19(24(25,26)27)14-3-5-15(6-4-14)31-20-18-16(8-12-30-21(18)34)33(32-20)23(10-11-28)9-7-17(22(35)36)37-13-23/h3-6,8,12,17,19,29H,2,7,9-10,13H2,1H3,(H,30,34)(H,31,32)(H,35,36). The number of aliphatic carboxylic acids is 1. The first kappa shape index (κ1) is 26.2. The third kappa shape index (κ3) is 5.16. The smallest absolute Gasteiger partial charge is 0.407 e. The van der Waals surface area contributed by atoms with Gasteiger partial charge in [-0.15, -0.1) is 0 Å². The lowest BCUT2D eigenvalue weighted by Crippen LogP contribution is -2.46. The van der Waals surface area contributed by atoms with Gasteiger partial charge in [0.1, 0.15) is 11.4 Å². The Morgan fingerprint density at radius 1 is 1.38 bits per heavy atom. The quantitative estimate of drug-likeness (QED) is 0.354. The molecule has 4 rings (SSSR count). The highest BCUT2D eigenvalue weighted by molar-refractivity contribution is 5.91. The highest BCUT2D eigenvalue weighted by atomic mass is 19.4. The van der Waals surface area contributed by atoms with Crippen molar-refractivity contribution < 1.29 is 27.8 Å². The number of nitrogens with one attached hydrogen (secondary N) is 3. The number of alkyl halides is 3. The number of hydrogen-bond donors (Lipinski definition) is 4. The lowest BCUT2D eigenvalue weighted by molar-refractivity contribution is -0.159. The number of benzene rings is 1. The predicted molar refractivity (Wildman–Crippen MR) is 127 cm³/mol. The molecule has 1 aromatic carbocycles. The normalized spacial score (nSPS) is 20.9. The third-order valence-corrected chi connectivity index (χ3v) is 6.40. The number of rotatable bonds is 8. The van der Waals surface area contributed by atoms with Crippen molar-refractivity contribution in [3.05, 3.63) is 52.4 Å². The summed E-state index contributed by atoms with van der Waals surface area (Å²) in [4.78, 5) is 26.7. The van der Waals surface area contributed by atoms with Crippen molar-refractivity contribution in [1.29, 1.82) is 5.26 Å². The molecule has 1 aliphatic heterocycles. The zero-order valence-electron chi connectivity index (χ0n) is 19.8. The van der Waals surface area contributed by atoms with Crippen LogP contribution in [0.4, 0.5) is 24.7 Å². The fourth-order valence-corrected chi connectivity index (χ4v) is 4.58. The first-order chi connectivity index (χ1) is 17.6. The van der Waals surface area contributed by atoms with Gasteiger partial charge in [0.25, 0.3) is 5.56 Å². The largest absolute Gasteiger partial charge is 0.479 e. The van der Waals surface area contributed by atoms with Gasteiger partial charge in [0, 0.05) is 11.9 Å². The van der Waals surface area contributed by atoms with Crippen LogP contribution in [0.3, 0.4) is 0 Å². The molecular weight excluding hydrogens is 493 g/mol. The Balaban J connectivity index is 1.71. The van der Waals surface area contributed by atoms with Crippen molar-refractivity contribution in [3.63, 3.8) is 0 Å². The van der Waals surface area contributed by atoms with Crippen LogP contribution in [0.1, 0.15) is 37.8 Å². The SMILES string of the molecule is CCNC(c1ccc(Nc2nn(C3(CC#N)CCC(C(=O)O)OC3)c3cc[nH]c(=O)c23)cc1)C(F)(F)F. The van der Waals surface area contributed by atoms with Gasteiger partial charge < -0.3 is 25.5 Å². The van der Waals surface area contributed by atoms with Crippen LogP contribution in [0, 0.1) is 11.3 Å². The number of pyridine rings is 1. The van der Waals surface area contributed by atoms with Gasteiger partial charge in [-0.1, -0.05) is 19.1 Å². The van der Waals surface area contributed by atoms with Crippen LogP contribution in [0.15, 0.2) is 41.3 Å². The minimum absolute atomic E-state index is 0.0356. The van der Waals surface area contributed by atoms with Gasteiger partial charge in [0.2, 0.25) is 0 Å². The first-order valence-corrected chi connectivity index (χ1v) is 11.6. The van der Waals surface area contributed by atoms with E-state index < -0.39 is 35.4 Å². The second-order valence-corrected chi connectivity index (χ2v) is 8.84. The Hall–Kier alpha value is -3.89. The van der Waals surface area contributed by atoms with Crippen LogP contribution in [-0.4, -0.2) is 51.3 Å². The fraction of sp³-hybridized carbons (Fsp3) is 0.417. The highest BCUT2D eigenvalue weighted by Gasteiger charge is 2.42. The third-order valence-electron chi connectivity index (χ3n) is 6.40. The number of ether oxygens (including phenoxy) is 1. The Morgan fingerprint density at radius 2 is 2.11 bits per heavy atom. The topological polar surface area (TPSA) is 145 Å². The van der Waals surface area contributed by atoms with Crippen LogP contribution in [0.25, 0.3) is 10.9 Å². The molecular formula is C24H25F3N6O4. The lowest BCUT2D eigenvalue weighted by atomic mass is 9.87. The van der Waals surface area contributed by atoms with E-state index in [0.29, 0.717) is 11.2 Å². The van der Waals surface area contributed by atoms with Crippen LogP contribution in [0.5, 0.6) is 0 Å². The maximum Gasteiger partial charge on any atom is 0.407 e. The Bertz CT molecular complexity index is 1370. The molecule has 0 amide bonds. The number of nitriles is 1. The van der Waals surface area contributed by atoms with E-state index in [1.54, 1.807) is 13.0 Å². The summed E-state index contributed by atoms with van der Waals surface area (Å²) in [5, 5.41) is 29.0. The van der Waals surface area contributed by atoms with Crippen LogP contribution < -0.4 is 16.2 Å². The van der Waals surface area contributed by atoms with E-state index in [0.717, 1.165) is 0 Å². The molecule has 37 heavy (non-hydrogen) atoms. The molecule has 1 fully saturated rings. The summed E-state index contributed by atoms with van der Waals surface area (Å²) in [5.74, 6) is -0.957. The Morgan fingerprint density at radius 3 is 2.68 bits per heavy atom. The Labute approximate surface area is 209 Å². The number of fused-ring (bicyclic) bond motifs is 1. The van der Waals surface area contributed by atoms with E-state index in [9.17, 15) is 33.1 Å². The lowest BCUT2D eigenvalue weighted by Gasteiger charge is -2.38. The van der Waals surface area contributed by atoms with Crippen molar-refractivity contribution in [2.24, 2.45) is 0 Å². The average molecular weight is 518 g/mol. The summed E-state index contributed by atoms with van der Waals surface area (Å²) in [7, 11) is 0. The van der Waals surface area contributed by atoms with Crippen LogP contribution >= 0.6 is 0 Å². The van der Waals surface area contributed by atoms with Gasteiger partial charge in [0.15, 0.2) is 11.9 Å². The van der Waals surface area contributed by atoms with E-state index in [2.05, 4.69) is 26.8 Å². The van der Waals surface area contributed by atoms with E-state index in [1.165, 1.54) is 35.1 Å². The number of H-pyrrole nitrogens is 1. The average Bonchev–Trinajstić information content (AvgIpc) is 3.23. The van der Waals surface area contributed by atoms with E-state index >= 15 is 0 Å². The summed E-state index contributed by atoms with van der Waals surface area (Å²) in [6.07, 6.45) is -3.65. The van der Waals surface area contributed by atoms with Gasteiger partial charge >= 0.3 is 12.1 Å². The number of nitrogens with zero attached hydrogens (tertiary/aromatic N) is 3. The van der Waals surface area contributed by atoms with Gasteiger partial charge in [-0.25, -0.2) is 4.79 Å². The van der Waals surface area contributed by atoms with Crippen molar-refractivity contribution in [2.75, 3.05) is 18.5 Å². The summed E-state index contributed by atoms with van der Waals surface area (Å²) in [6.45, 7) is 1.63. The number of carboxylic acids is 1. The summed E-state index contributed by atoms with van der Waals surface area (Å²) < 4.78 is 47.3. The molecule has 1 saturated heterocycles. The van der Waals surface area contributed by atoms with E-state index in [-0.39, 0.29) is 49.2 Å². The van der Waals surface area contributed by atoms with Gasteiger partial charge in [-0.05, 0) is 43.1 Å². The minimum Gasteiger partial charge on any atom is -0.479 e. The number of carbonyl (C=O) groups is 1. The molecule has 3 aromatic rings. The zero-order chi connectivity index (χ0) is 26.8. The molecule has 13 heteroatoms. The molecule has 1 aliphatic rings.